The predicted molar refractivity (Wildman–Crippen MR) is 99.6 cm³/mol. The molecule has 0 fully saturated rings. The topological polar surface area (TPSA) is 60.5 Å². The molecule has 4 nitrogen and oxygen atoms in total. The summed E-state index contributed by atoms with van der Waals surface area (Å²) in [5.74, 6) is 0.887. The van der Waals surface area contributed by atoms with Crippen LogP contribution in [0.25, 0.3) is 0 Å². The van der Waals surface area contributed by atoms with E-state index in [2.05, 4.69) is 51.5 Å². The number of unbranched alkanes of at least 4 members (excludes halogenated alkanes) is 1. The van der Waals surface area contributed by atoms with Crippen molar-refractivity contribution in [2.45, 2.75) is 64.4 Å². The fourth-order valence-corrected chi connectivity index (χ4v) is 2.94. The second kappa shape index (κ2) is 10.9. The van der Waals surface area contributed by atoms with Crippen molar-refractivity contribution < 1.29 is 14.9 Å². The van der Waals surface area contributed by atoms with Gasteiger partial charge in [-0.2, -0.15) is 0 Å². The zero-order valence-electron chi connectivity index (χ0n) is 15.3. The van der Waals surface area contributed by atoms with Crippen molar-refractivity contribution in [3.05, 3.63) is 29.8 Å². The minimum atomic E-state index is 0. The van der Waals surface area contributed by atoms with Gasteiger partial charge < -0.3 is 14.9 Å². The molecule has 0 aliphatic heterocycles. The quantitative estimate of drug-likeness (QED) is 0.420. The molecule has 0 saturated heterocycles. The predicted octanol–water partition coefficient (Wildman–Crippen LogP) is 3.88. The van der Waals surface area contributed by atoms with Crippen molar-refractivity contribution >= 4 is 11.9 Å². The van der Waals surface area contributed by atoms with Crippen molar-refractivity contribution in [3.63, 3.8) is 0 Å². The molecule has 0 heterocycles. The van der Waals surface area contributed by atoms with Crippen LogP contribution >= 0.6 is 0 Å². The van der Waals surface area contributed by atoms with E-state index in [-0.39, 0.29) is 22.4 Å². The Morgan fingerprint density at radius 1 is 1.26 bits per heavy atom. The molecule has 5 heteroatoms. The summed E-state index contributed by atoms with van der Waals surface area (Å²) in [5, 5.41) is 0. The summed E-state index contributed by atoms with van der Waals surface area (Å²) in [7, 11) is 1.70. The fourth-order valence-electron chi connectivity index (χ4n) is 2.06. The number of hydrogen-bond acceptors (Lipinski definition) is 4. The summed E-state index contributed by atoms with van der Waals surface area (Å²) < 4.78 is 15.2. The summed E-state index contributed by atoms with van der Waals surface area (Å²) in [4.78, 5) is 0. The van der Waals surface area contributed by atoms with Crippen LogP contribution in [0.15, 0.2) is 24.3 Å². The molecule has 0 amide bonds. The highest BCUT2D eigenvalue weighted by Crippen LogP contribution is 2.24. The van der Waals surface area contributed by atoms with E-state index >= 15 is 0 Å². The molecule has 2 atom stereocenters. The second-order valence-electron chi connectivity index (χ2n) is 6.60. The summed E-state index contributed by atoms with van der Waals surface area (Å²) in [6.45, 7) is 11.8. The molecule has 1 rings (SSSR count). The molecule has 0 aromatic heterocycles. The van der Waals surface area contributed by atoms with Crippen molar-refractivity contribution in [2.75, 3.05) is 13.7 Å². The first-order valence-electron chi connectivity index (χ1n) is 8.10. The first-order valence-corrected chi connectivity index (χ1v) is 8.99. The average molecular weight is 344 g/mol. The van der Waals surface area contributed by atoms with Crippen molar-refractivity contribution in [1.82, 2.24) is 4.72 Å². The molecule has 1 aromatic rings. The van der Waals surface area contributed by atoms with E-state index in [9.17, 15) is 0 Å². The Labute approximate surface area is 145 Å². The molecule has 0 unspecified atom stereocenters. The third-order valence-corrected chi connectivity index (χ3v) is 4.42. The number of rotatable bonds is 9. The Hall–Kier alpha value is -0.750. The van der Waals surface area contributed by atoms with Crippen molar-refractivity contribution in [2.24, 2.45) is 0 Å². The van der Waals surface area contributed by atoms with Gasteiger partial charge in [-0.3, -0.25) is 0 Å². The number of methoxy groups -OCH3 is 1. The molecule has 0 radical (unpaired) electrons. The zero-order valence-corrected chi connectivity index (χ0v) is 16.2. The van der Waals surface area contributed by atoms with Crippen LogP contribution in [0.2, 0.25) is 0 Å². The van der Waals surface area contributed by atoms with Gasteiger partial charge in [0, 0.05) is 6.61 Å². The molecule has 0 aliphatic carbocycles. The highest BCUT2D eigenvalue weighted by molar-refractivity contribution is 7.77. The fraction of sp³-hybridized carbons (Fsp3) is 0.667. The van der Waals surface area contributed by atoms with Crippen LogP contribution < -0.4 is 9.46 Å². The van der Waals surface area contributed by atoms with Gasteiger partial charge in [0.05, 0.1) is 25.2 Å². The smallest absolute Gasteiger partial charge is 0.136 e. The summed E-state index contributed by atoms with van der Waals surface area (Å²) >= 11 is 1.21. The van der Waals surface area contributed by atoms with Gasteiger partial charge in [-0.15, -0.1) is 4.72 Å². The van der Waals surface area contributed by atoms with Crippen LogP contribution in [0, 0.1) is 0 Å². The largest absolute Gasteiger partial charge is 0.870 e. The van der Waals surface area contributed by atoms with E-state index in [1.165, 1.54) is 17.5 Å². The highest BCUT2D eigenvalue weighted by Gasteiger charge is 2.28. The average Bonchev–Trinajstić information content (AvgIpc) is 2.47. The molecule has 1 aromatic carbocycles. The van der Waals surface area contributed by atoms with Crippen molar-refractivity contribution in [3.8, 4) is 5.75 Å². The molecule has 134 valence electrons. The third-order valence-electron chi connectivity index (χ3n) is 3.34. The van der Waals surface area contributed by atoms with Gasteiger partial charge in [0.2, 0.25) is 0 Å². The van der Waals surface area contributed by atoms with Crippen molar-refractivity contribution in [1.29, 1.82) is 0 Å². The van der Waals surface area contributed by atoms with E-state index in [4.69, 9.17) is 9.47 Å². The number of benzene rings is 1. The summed E-state index contributed by atoms with van der Waals surface area (Å²) in [6.07, 6.45) is 2.38. The third kappa shape index (κ3) is 8.61. The van der Waals surface area contributed by atoms with Gasteiger partial charge in [-0.1, -0.05) is 25.5 Å². The van der Waals surface area contributed by atoms with Gasteiger partial charge in [-0.25, -0.2) is 0 Å². The molecule has 0 spiro atoms. The van der Waals surface area contributed by atoms with Gasteiger partial charge >= 0.3 is 0 Å². The number of hydrogen-bond donors (Lipinski definition) is 1. The van der Waals surface area contributed by atoms with Crippen LogP contribution in [0.1, 0.15) is 59.1 Å². The van der Waals surface area contributed by atoms with Gasteiger partial charge in [0.25, 0.3) is 0 Å². The maximum absolute atomic E-state index is 6.03. The van der Waals surface area contributed by atoms with Crippen LogP contribution in [-0.4, -0.2) is 30.0 Å². The Morgan fingerprint density at radius 2 is 1.96 bits per heavy atom. The Balaban J connectivity index is 0.00000484. The van der Waals surface area contributed by atoms with Crippen LogP contribution in [0.3, 0.4) is 0 Å². The monoisotopic (exact) mass is 343 g/mol. The Bertz CT molecular complexity index is 435. The lowest BCUT2D eigenvalue weighted by atomic mass is 10.0. The molecular weight excluding hydrogens is 310 g/mol. The molecule has 0 aliphatic rings. The summed E-state index contributed by atoms with van der Waals surface area (Å²) in [6, 6.07) is 8.40. The van der Waals surface area contributed by atoms with Gasteiger partial charge in [0.15, 0.2) is 0 Å². The molecule has 0 saturated carbocycles. The maximum Gasteiger partial charge on any atom is 0.136 e. The van der Waals surface area contributed by atoms with Gasteiger partial charge in [-0.05, 0) is 51.8 Å². The minimum absolute atomic E-state index is 0. The molecule has 23 heavy (non-hydrogen) atoms. The standard InChI is InChI=1S/C18H31NO2S.H2O/c1-7-8-12-21-14(2)17(19-22-18(3,4)5)15-10-9-11-16(13-15)20-6;/h9-11,13-14,17,19H,7-8,12H2,1-6H3;1H2/t14-,17+;/m0./s1. The highest BCUT2D eigenvalue weighted by atomic mass is 32.2. The Kier molecular flexibility index (Phi) is 10.6. The van der Waals surface area contributed by atoms with E-state index in [0.717, 1.165) is 25.2 Å². The van der Waals surface area contributed by atoms with Crippen LogP contribution in [0.5, 0.6) is 5.75 Å². The van der Waals surface area contributed by atoms with E-state index in [1.807, 2.05) is 12.1 Å². The van der Waals surface area contributed by atoms with Crippen LogP contribution in [0.4, 0.5) is 0 Å². The lowest BCUT2D eigenvalue weighted by molar-refractivity contribution is 0.0428. The van der Waals surface area contributed by atoms with E-state index < -0.39 is 0 Å². The number of thiol groups is 1. The molecule has 0 bridgehead atoms. The summed E-state index contributed by atoms with van der Waals surface area (Å²) in [5.41, 5.74) is 1.21. The minimum Gasteiger partial charge on any atom is -0.870 e. The zero-order chi connectivity index (χ0) is 16.6. The van der Waals surface area contributed by atoms with E-state index in [1.54, 1.807) is 7.11 Å². The normalized spacial score (nSPS) is 14.0. The number of nitrogens with one attached hydrogen (secondary N) is 1. The van der Waals surface area contributed by atoms with Gasteiger partial charge in [0.1, 0.15) is 16.5 Å². The van der Waals surface area contributed by atoms with E-state index in [0.29, 0.717) is 0 Å². The molecular formula is C18H33NO3S. The Morgan fingerprint density at radius 3 is 2.52 bits per heavy atom. The SMILES string of the molecule is CCCCO[C@@H](C)[C@@H](N[SH+]C(C)(C)C)c1cccc(OC)c1.[OH-]. The number of ether oxygens (including phenoxy) is 2. The lowest BCUT2D eigenvalue weighted by Gasteiger charge is -2.24. The first kappa shape index (κ1) is 22.2. The lowest BCUT2D eigenvalue weighted by Crippen LogP contribution is -2.37. The second-order valence-corrected chi connectivity index (χ2v) is 8.42. The molecule has 2 N–H and O–H groups in total. The van der Waals surface area contributed by atoms with Crippen LogP contribution in [-0.2, 0) is 16.7 Å². The first-order chi connectivity index (χ1) is 10.4. The maximum atomic E-state index is 6.03.